The Bertz CT molecular complexity index is 1920. The number of carboxylic acid groups (broad SMARTS) is 1. The van der Waals surface area contributed by atoms with Crippen LogP contribution >= 0.6 is 0 Å². The zero-order valence-corrected chi connectivity index (χ0v) is 39.2. The van der Waals surface area contributed by atoms with E-state index in [9.17, 15) is 60.7 Å². The van der Waals surface area contributed by atoms with Crippen LogP contribution in [0.25, 0.3) is 0 Å². The Balaban J connectivity index is 1.07. The highest BCUT2D eigenvalue weighted by Crippen LogP contribution is 2.76. The van der Waals surface area contributed by atoms with Gasteiger partial charge in [0.25, 0.3) is 0 Å². The highest BCUT2D eigenvalue weighted by Gasteiger charge is 2.72. The monoisotopic (exact) mass is 938 g/mol. The first-order valence-corrected chi connectivity index (χ1v) is 23.9. The molecule has 0 spiro atoms. The van der Waals surface area contributed by atoms with Gasteiger partial charge in [0, 0.05) is 5.41 Å². The van der Waals surface area contributed by atoms with E-state index in [0.717, 1.165) is 12.0 Å². The van der Waals surface area contributed by atoms with Crippen LogP contribution in [0.5, 0.6) is 0 Å². The summed E-state index contributed by atoms with van der Waals surface area (Å²) >= 11 is 0. The van der Waals surface area contributed by atoms with Crippen molar-refractivity contribution < 1.29 is 89.1 Å². The van der Waals surface area contributed by atoms with Gasteiger partial charge in [0.2, 0.25) is 12.1 Å². The van der Waals surface area contributed by atoms with Gasteiger partial charge in [0.15, 0.2) is 18.3 Å². The molecule has 6 fully saturated rings. The SMILES string of the molecule is CC1=C(O)C(=O)CC(OC2CC(C)(C)CC3C4=CCC5C6(C)CCC(OC7OC(CO)C(O)C(O)C7OC7OC(CO)C(O)C(O)C7O)C(C)(CO)C6CCC5(C)C4(C)CCC23C(=O)O)O1. The number of hydrogen-bond acceptors (Lipinski definition) is 17. The van der Waals surface area contributed by atoms with Crippen LogP contribution in [-0.4, -0.2) is 163 Å². The Morgan fingerprint density at radius 3 is 2.03 bits per heavy atom. The molecule has 0 aromatic carbocycles. The molecule has 4 saturated carbocycles. The maximum atomic E-state index is 13.9. The van der Waals surface area contributed by atoms with E-state index in [2.05, 4.69) is 40.7 Å². The van der Waals surface area contributed by atoms with Gasteiger partial charge in [0.1, 0.15) is 60.0 Å². The van der Waals surface area contributed by atoms with Gasteiger partial charge in [0.05, 0.1) is 38.4 Å². The fraction of sp³-hybridized carbons (Fsp3) is 0.875. The molecule has 18 nitrogen and oxygen atoms in total. The average Bonchev–Trinajstić information content (AvgIpc) is 3.25. The third kappa shape index (κ3) is 7.53. The van der Waals surface area contributed by atoms with Gasteiger partial charge in [-0.25, -0.2) is 0 Å². The average molecular weight is 939 g/mol. The second kappa shape index (κ2) is 17.5. The van der Waals surface area contributed by atoms with Gasteiger partial charge in [-0.15, -0.1) is 0 Å². The summed E-state index contributed by atoms with van der Waals surface area (Å²) in [5, 5.41) is 107. The molecule has 8 rings (SSSR count). The predicted octanol–water partition coefficient (Wildman–Crippen LogP) is 1.95. The van der Waals surface area contributed by atoms with E-state index >= 15 is 0 Å². The molecule has 3 heterocycles. The van der Waals surface area contributed by atoms with Crippen molar-refractivity contribution in [3.63, 3.8) is 0 Å². The minimum atomic E-state index is -1.82. The number of hydrogen-bond donors (Lipinski definition) is 10. The first kappa shape index (κ1) is 50.1. The lowest BCUT2D eigenvalue weighted by Crippen LogP contribution is -2.68. The van der Waals surface area contributed by atoms with Crippen LogP contribution in [0, 0.1) is 50.2 Å². The second-order valence-electron chi connectivity index (χ2n) is 22.8. The van der Waals surface area contributed by atoms with E-state index in [4.69, 9.17) is 28.4 Å². The summed E-state index contributed by atoms with van der Waals surface area (Å²) in [6.45, 7) is 13.0. The number of ether oxygens (including phenoxy) is 6. The molecule has 66 heavy (non-hydrogen) atoms. The molecule has 3 aliphatic heterocycles. The van der Waals surface area contributed by atoms with Crippen molar-refractivity contribution in [2.24, 2.45) is 50.2 Å². The van der Waals surface area contributed by atoms with Crippen LogP contribution in [-0.2, 0) is 38.0 Å². The van der Waals surface area contributed by atoms with Gasteiger partial charge in [-0.2, -0.15) is 0 Å². The fourth-order valence-electron chi connectivity index (χ4n) is 15.0. The second-order valence-corrected chi connectivity index (χ2v) is 22.8. The van der Waals surface area contributed by atoms with Gasteiger partial charge in [-0.05, 0) is 104 Å². The van der Waals surface area contributed by atoms with Crippen molar-refractivity contribution in [2.75, 3.05) is 19.8 Å². The van der Waals surface area contributed by atoms with E-state index in [1.54, 1.807) is 0 Å². The molecule has 21 atom stereocenters. The van der Waals surface area contributed by atoms with Crippen molar-refractivity contribution >= 4 is 11.8 Å². The van der Waals surface area contributed by atoms with Gasteiger partial charge in [-0.3, -0.25) is 9.59 Å². The topological polar surface area (TPSA) is 292 Å². The van der Waals surface area contributed by atoms with E-state index in [-0.39, 0.29) is 52.8 Å². The fourth-order valence-corrected chi connectivity index (χ4v) is 15.0. The van der Waals surface area contributed by atoms with Crippen LogP contribution in [0.3, 0.4) is 0 Å². The summed E-state index contributed by atoms with van der Waals surface area (Å²) < 4.78 is 36.8. The molecule has 8 aliphatic rings. The molecule has 0 radical (unpaired) electrons. The Morgan fingerprint density at radius 1 is 0.758 bits per heavy atom. The summed E-state index contributed by atoms with van der Waals surface area (Å²) in [6.07, 6.45) is -11.0. The van der Waals surface area contributed by atoms with Crippen LogP contribution in [0.1, 0.15) is 113 Å². The number of rotatable bonds is 10. The number of aliphatic hydroxyl groups excluding tert-OH is 9. The van der Waals surface area contributed by atoms with Crippen molar-refractivity contribution in [2.45, 2.75) is 193 Å². The number of carbonyl (C=O) groups is 2. The van der Waals surface area contributed by atoms with Crippen molar-refractivity contribution in [3.8, 4) is 0 Å². The minimum absolute atomic E-state index is 0.0562. The maximum absolute atomic E-state index is 13.9. The lowest BCUT2D eigenvalue weighted by Gasteiger charge is -2.71. The lowest BCUT2D eigenvalue weighted by atomic mass is 9.33. The van der Waals surface area contributed by atoms with Gasteiger partial charge < -0.3 is 79.5 Å². The van der Waals surface area contributed by atoms with E-state index in [1.807, 2.05) is 6.92 Å². The smallest absolute Gasteiger partial charge is 0.312 e. The van der Waals surface area contributed by atoms with Crippen LogP contribution in [0.2, 0.25) is 0 Å². The van der Waals surface area contributed by atoms with Crippen molar-refractivity contribution in [3.05, 3.63) is 23.2 Å². The van der Waals surface area contributed by atoms with Crippen LogP contribution in [0.4, 0.5) is 0 Å². The molecule has 0 aromatic heterocycles. The normalized spacial score (nSPS) is 51.4. The van der Waals surface area contributed by atoms with Gasteiger partial charge in [-0.1, -0.05) is 53.2 Å². The molecule has 21 unspecified atom stereocenters. The first-order valence-electron chi connectivity index (χ1n) is 23.9. The number of aliphatic hydroxyl groups is 9. The molecule has 2 saturated heterocycles. The molecule has 0 amide bonds. The molecule has 18 heteroatoms. The van der Waals surface area contributed by atoms with Crippen molar-refractivity contribution in [1.82, 2.24) is 0 Å². The van der Waals surface area contributed by atoms with E-state index < -0.39 is 127 Å². The standard InChI is InChI=1S/C48H74O18/c1-22-33(53)25(52)16-32(61-22)64-31-18-43(2,3)17-24-23-8-9-29-44(4)12-11-30(45(5,21-51)28(44)10-13-47(29,7)46(23,6)14-15-48(24,31)42(59)60)65-41-39(37(57)35(55)27(20-50)63-41)66-40-38(58)36(56)34(54)26(19-49)62-40/h8,24,26-32,34-41,49-51,53-58H,9-21H2,1-7H3,(H,59,60). The largest absolute Gasteiger partial charge is 0.502 e. The summed E-state index contributed by atoms with van der Waals surface area (Å²) in [6, 6.07) is 0. The van der Waals surface area contributed by atoms with Crippen LogP contribution < -0.4 is 0 Å². The zero-order valence-electron chi connectivity index (χ0n) is 39.2. The zero-order chi connectivity index (χ0) is 48.3. The molecule has 5 aliphatic carbocycles. The minimum Gasteiger partial charge on any atom is -0.502 e. The molecular weight excluding hydrogens is 865 g/mol. The number of aliphatic carboxylic acids is 1. The highest BCUT2D eigenvalue weighted by atomic mass is 16.8. The highest BCUT2D eigenvalue weighted by molar-refractivity contribution is 5.94. The Kier molecular flexibility index (Phi) is 13.3. The summed E-state index contributed by atoms with van der Waals surface area (Å²) in [5.74, 6) is -2.14. The third-order valence-corrected chi connectivity index (χ3v) is 18.9. The maximum Gasteiger partial charge on any atom is 0.312 e. The Hall–Kier alpha value is -2.30. The summed E-state index contributed by atoms with van der Waals surface area (Å²) in [5.41, 5.74) is -2.33. The molecule has 0 bridgehead atoms. The number of allylic oxidation sites excluding steroid dienone is 4. The first-order chi connectivity index (χ1) is 30.9. The van der Waals surface area contributed by atoms with Crippen molar-refractivity contribution in [1.29, 1.82) is 0 Å². The number of ketones is 1. The molecule has 0 aromatic rings. The van der Waals surface area contributed by atoms with Crippen LogP contribution in [0.15, 0.2) is 23.2 Å². The number of Topliss-reactive ketones (excluding diaryl/α,β-unsaturated/α-hetero) is 1. The third-order valence-electron chi connectivity index (χ3n) is 18.9. The van der Waals surface area contributed by atoms with E-state index in [0.29, 0.717) is 51.4 Å². The quantitative estimate of drug-likeness (QED) is 0.111. The number of fused-ring (bicyclic) bond motifs is 7. The lowest BCUT2D eigenvalue weighted by molar-refractivity contribution is -0.379. The molecule has 10 N–H and O–H groups in total. The molecule has 374 valence electrons. The summed E-state index contributed by atoms with van der Waals surface area (Å²) in [7, 11) is 0. The number of carbonyl (C=O) groups excluding carboxylic acids is 1. The van der Waals surface area contributed by atoms with E-state index in [1.165, 1.54) is 6.92 Å². The Morgan fingerprint density at radius 2 is 1.41 bits per heavy atom. The number of carboxylic acids is 1. The Labute approximate surface area is 385 Å². The molecular formula is C48H74O18. The summed E-state index contributed by atoms with van der Waals surface area (Å²) in [4.78, 5) is 26.5. The predicted molar refractivity (Wildman–Crippen MR) is 229 cm³/mol. The van der Waals surface area contributed by atoms with Gasteiger partial charge >= 0.3 is 5.97 Å².